The average molecular weight is 201 g/mol. The van der Waals surface area contributed by atoms with Gasteiger partial charge in [0.2, 0.25) is 0 Å². The summed E-state index contributed by atoms with van der Waals surface area (Å²) in [4.78, 5) is 0. The fourth-order valence-electron chi connectivity index (χ4n) is 1.82. The van der Waals surface area contributed by atoms with E-state index in [4.69, 9.17) is 0 Å². The topological polar surface area (TPSA) is 32.3 Å². The van der Waals surface area contributed by atoms with Crippen molar-refractivity contribution in [1.29, 1.82) is 0 Å². The van der Waals surface area contributed by atoms with Crippen molar-refractivity contribution in [2.75, 3.05) is 5.32 Å². The number of anilines is 1. The van der Waals surface area contributed by atoms with Crippen LogP contribution in [0.2, 0.25) is 0 Å². The quantitative estimate of drug-likeness (QED) is 0.732. The lowest BCUT2D eigenvalue weighted by Crippen LogP contribution is -2.13. The molecular formula is C13H15NO. The first-order valence-corrected chi connectivity index (χ1v) is 5.11. The summed E-state index contributed by atoms with van der Waals surface area (Å²) in [7, 11) is 0. The second kappa shape index (κ2) is 3.91. The van der Waals surface area contributed by atoms with E-state index in [1.54, 1.807) is 6.92 Å². The number of aryl methyl sites for hydroxylation is 1. The van der Waals surface area contributed by atoms with Gasteiger partial charge in [0.1, 0.15) is 6.23 Å². The maximum Gasteiger partial charge on any atom is 0.121 e. The Bertz CT molecular complexity index is 477. The second-order valence-corrected chi connectivity index (χ2v) is 3.80. The largest absolute Gasteiger partial charge is 0.374 e. The summed E-state index contributed by atoms with van der Waals surface area (Å²) in [6.07, 6.45) is -0.531. The highest BCUT2D eigenvalue weighted by Gasteiger charge is 2.03. The van der Waals surface area contributed by atoms with Gasteiger partial charge in [0.15, 0.2) is 0 Å². The van der Waals surface area contributed by atoms with E-state index in [1.807, 2.05) is 18.2 Å². The summed E-state index contributed by atoms with van der Waals surface area (Å²) in [6.45, 7) is 3.81. The van der Waals surface area contributed by atoms with Crippen LogP contribution in [-0.4, -0.2) is 11.3 Å². The van der Waals surface area contributed by atoms with Crippen LogP contribution in [0.15, 0.2) is 36.4 Å². The van der Waals surface area contributed by atoms with Crippen LogP contribution in [0, 0.1) is 6.92 Å². The third-order valence-electron chi connectivity index (χ3n) is 2.50. The predicted octanol–water partition coefficient (Wildman–Crippen LogP) is 2.90. The van der Waals surface area contributed by atoms with Gasteiger partial charge >= 0.3 is 0 Å². The molecule has 2 aromatic rings. The number of hydrogen-bond acceptors (Lipinski definition) is 2. The van der Waals surface area contributed by atoms with Crippen molar-refractivity contribution in [1.82, 2.24) is 0 Å². The summed E-state index contributed by atoms with van der Waals surface area (Å²) in [5.41, 5.74) is 2.23. The Morgan fingerprint density at radius 3 is 2.47 bits per heavy atom. The maximum atomic E-state index is 9.32. The van der Waals surface area contributed by atoms with Crippen molar-refractivity contribution in [3.63, 3.8) is 0 Å². The van der Waals surface area contributed by atoms with Crippen molar-refractivity contribution in [3.05, 3.63) is 42.0 Å². The minimum atomic E-state index is -0.531. The van der Waals surface area contributed by atoms with Crippen LogP contribution in [0.3, 0.4) is 0 Å². The number of nitrogens with one attached hydrogen (secondary N) is 1. The lowest BCUT2D eigenvalue weighted by Gasteiger charge is -2.12. The molecule has 0 fully saturated rings. The van der Waals surface area contributed by atoms with Crippen molar-refractivity contribution in [3.8, 4) is 0 Å². The molecular weight excluding hydrogens is 186 g/mol. The molecule has 0 saturated carbocycles. The molecule has 2 nitrogen and oxygen atoms in total. The fraction of sp³-hybridized carbons (Fsp3) is 0.231. The predicted molar refractivity (Wildman–Crippen MR) is 64.0 cm³/mol. The summed E-state index contributed by atoms with van der Waals surface area (Å²) < 4.78 is 0. The van der Waals surface area contributed by atoms with Gasteiger partial charge in [-0.25, -0.2) is 0 Å². The molecule has 0 aliphatic carbocycles. The smallest absolute Gasteiger partial charge is 0.121 e. The molecule has 0 spiro atoms. The second-order valence-electron chi connectivity index (χ2n) is 3.80. The van der Waals surface area contributed by atoms with E-state index < -0.39 is 6.23 Å². The molecule has 2 heteroatoms. The van der Waals surface area contributed by atoms with Crippen LogP contribution in [0.1, 0.15) is 12.5 Å². The molecule has 0 aromatic heterocycles. The summed E-state index contributed by atoms with van der Waals surface area (Å²) in [5, 5.41) is 14.7. The van der Waals surface area contributed by atoms with Gasteiger partial charge in [0.25, 0.3) is 0 Å². The van der Waals surface area contributed by atoms with E-state index in [0.29, 0.717) is 0 Å². The van der Waals surface area contributed by atoms with Crippen molar-refractivity contribution in [2.45, 2.75) is 20.1 Å². The first kappa shape index (κ1) is 9.99. The third-order valence-corrected chi connectivity index (χ3v) is 2.50. The molecule has 0 amide bonds. The zero-order valence-corrected chi connectivity index (χ0v) is 8.99. The Morgan fingerprint density at radius 1 is 1.07 bits per heavy atom. The lowest BCUT2D eigenvalue weighted by atomic mass is 10.0. The molecule has 0 saturated heterocycles. The number of hydrogen-bond donors (Lipinski definition) is 2. The highest BCUT2D eigenvalue weighted by Crippen LogP contribution is 2.25. The third kappa shape index (κ3) is 1.95. The lowest BCUT2D eigenvalue weighted by molar-refractivity contribution is 0.224. The molecule has 0 heterocycles. The highest BCUT2D eigenvalue weighted by atomic mass is 16.3. The Morgan fingerprint density at radius 2 is 1.73 bits per heavy atom. The van der Waals surface area contributed by atoms with E-state index in [1.165, 1.54) is 10.9 Å². The van der Waals surface area contributed by atoms with Crippen LogP contribution in [0.5, 0.6) is 0 Å². The van der Waals surface area contributed by atoms with Crippen LogP contribution in [-0.2, 0) is 0 Å². The molecule has 78 valence electrons. The molecule has 0 radical (unpaired) electrons. The minimum Gasteiger partial charge on any atom is -0.374 e. The van der Waals surface area contributed by atoms with Gasteiger partial charge in [0.05, 0.1) is 0 Å². The Labute approximate surface area is 89.6 Å². The summed E-state index contributed by atoms with van der Waals surface area (Å²) in [6, 6.07) is 12.3. The van der Waals surface area contributed by atoms with Crippen LogP contribution < -0.4 is 5.32 Å². The SMILES string of the molecule is Cc1cccc2c(NC(C)O)cccc12. The van der Waals surface area contributed by atoms with Crippen LogP contribution in [0.4, 0.5) is 5.69 Å². The molecule has 2 N–H and O–H groups in total. The van der Waals surface area contributed by atoms with E-state index in [-0.39, 0.29) is 0 Å². The number of fused-ring (bicyclic) bond motifs is 1. The van der Waals surface area contributed by atoms with Gasteiger partial charge < -0.3 is 10.4 Å². The first-order valence-electron chi connectivity index (χ1n) is 5.11. The van der Waals surface area contributed by atoms with Gasteiger partial charge in [-0.05, 0) is 30.9 Å². The van der Waals surface area contributed by atoms with Gasteiger partial charge in [-0.15, -0.1) is 0 Å². The van der Waals surface area contributed by atoms with Gasteiger partial charge in [0, 0.05) is 11.1 Å². The normalized spacial score (nSPS) is 12.7. The van der Waals surface area contributed by atoms with Crippen molar-refractivity contribution < 1.29 is 5.11 Å². The number of benzene rings is 2. The zero-order chi connectivity index (χ0) is 10.8. The first-order chi connectivity index (χ1) is 7.18. The van der Waals surface area contributed by atoms with Crippen molar-refractivity contribution in [2.24, 2.45) is 0 Å². The number of aliphatic hydroxyl groups excluding tert-OH is 1. The maximum absolute atomic E-state index is 9.32. The molecule has 1 unspecified atom stereocenters. The molecule has 2 rings (SSSR count). The molecule has 0 bridgehead atoms. The Balaban J connectivity index is 2.61. The van der Waals surface area contributed by atoms with Crippen LogP contribution in [0.25, 0.3) is 10.8 Å². The minimum absolute atomic E-state index is 0.531. The summed E-state index contributed by atoms with van der Waals surface area (Å²) >= 11 is 0. The summed E-state index contributed by atoms with van der Waals surface area (Å²) in [5.74, 6) is 0. The monoisotopic (exact) mass is 201 g/mol. The van der Waals surface area contributed by atoms with E-state index in [2.05, 4.69) is 30.4 Å². The zero-order valence-electron chi connectivity index (χ0n) is 8.99. The number of rotatable bonds is 2. The van der Waals surface area contributed by atoms with E-state index in [0.717, 1.165) is 11.1 Å². The molecule has 0 aliphatic rings. The Hall–Kier alpha value is -1.54. The van der Waals surface area contributed by atoms with E-state index >= 15 is 0 Å². The standard InChI is InChI=1S/C13H15NO/c1-9-5-3-7-12-11(9)6-4-8-13(12)14-10(2)15/h3-8,10,14-15H,1-2H3. The van der Waals surface area contributed by atoms with Crippen molar-refractivity contribution >= 4 is 16.5 Å². The Kier molecular flexibility index (Phi) is 2.60. The van der Waals surface area contributed by atoms with E-state index in [9.17, 15) is 5.11 Å². The molecule has 2 aromatic carbocycles. The average Bonchev–Trinajstić information content (AvgIpc) is 2.19. The van der Waals surface area contributed by atoms with Crippen LogP contribution >= 0.6 is 0 Å². The highest BCUT2D eigenvalue weighted by molar-refractivity contribution is 5.95. The fourth-order valence-corrected chi connectivity index (χ4v) is 1.82. The van der Waals surface area contributed by atoms with Gasteiger partial charge in [-0.3, -0.25) is 0 Å². The van der Waals surface area contributed by atoms with Gasteiger partial charge in [-0.2, -0.15) is 0 Å². The molecule has 1 atom stereocenters. The number of aliphatic hydroxyl groups is 1. The molecule has 15 heavy (non-hydrogen) atoms. The molecule has 0 aliphatic heterocycles. The van der Waals surface area contributed by atoms with Gasteiger partial charge in [-0.1, -0.05) is 30.3 Å².